The van der Waals surface area contributed by atoms with Crippen LogP contribution in [0.1, 0.15) is 51.0 Å². The van der Waals surface area contributed by atoms with Crippen LogP contribution in [0.5, 0.6) is 0 Å². The van der Waals surface area contributed by atoms with Crippen LogP contribution in [0.2, 0.25) is 0 Å². The van der Waals surface area contributed by atoms with Gasteiger partial charge in [-0.15, -0.1) is 0 Å². The summed E-state index contributed by atoms with van der Waals surface area (Å²) in [5.41, 5.74) is 2.70. The molecule has 0 aromatic heterocycles. The number of allylic oxidation sites excluding steroid dienone is 3. The monoisotopic (exact) mass is 242 g/mol. The summed E-state index contributed by atoms with van der Waals surface area (Å²) in [5, 5.41) is 0. The second-order valence-electron chi connectivity index (χ2n) is 4.92. The predicted octanol–water partition coefficient (Wildman–Crippen LogP) is 5.70. The fourth-order valence-electron chi connectivity index (χ4n) is 2.01. The first-order valence-electron chi connectivity index (χ1n) is 7.18. The second kappa shape index (κ2) is 9.70. The van der Waals surface area contributed by atoms with E-state index >= 15 is 0 Å². The van der Waals surface area contributed by atoms with Crippen LogP contribution in [-0.4, -0.2) is 0 Å². The first-order chi connectivity index (χ1) is 8.83. The number of hydrogen-bond donors (Lipinski definition) is 0. The Morgan fingerprint density at radius 3 is 2.50 bits per heavy atom. The quantitative estimate of drug-likeness (QED) is 0.385. The highest BCUT2D eigenvalue weighted by Crippen LogP contribution is 2.11. The summed E-state index contributed by atoms with van der Waals surface area (Å²) in [4.78, 5) is 0. The molecule has 98 valence electrons. The van der Waals surface area contributed by atoms with Crippen molar-refractivity contribution in [2.24, 2.45) is 0 Å². The van der Waals surface area contributed by atoms with Gasteiger partial charge in [-0.2, -0.15) is 0 Å². The van der Waals surface area contributed by atoms with Gasteiger partial charge in [-0.3, -0.25) is 0 Å². The third-order valence-corrected chi connectivity index (χ3v) is 3.10. The summed E-state index contributed by atoms with van der Waals surface area (Å²) >= 11 is 0. The fourth-order valence-corrected chi connectivity index (χ4v) is 2.01. The topological polar surface area (TPSA) is 0 Å². The Hall–Kier alpha value is -1.30. The summed E-state index contributed by atoms with van der Waals surface area (Å²) < 4.78 is 0. The molecule has 0 fully saturated rings. The van der Waals surface area contributed by atoms with Crippen molar-refractivity contribution in [3.8, 4) is 0 Å². The molecule has 0 heteroatoms. The zero-order chi connectivity index (χ0) is 13.1. The minimum atomic E-state index is 1.02. The van der Waals surface area contributed by atoms with Gasteiger partial charge >= 0.3 is 0 Å². The van der Waals surface area contributed by atoms with E-state index in [1.54, 1.807) is 0 Å². The van der Waals surface area contributed by atoms with E-state index in [2.05, 4.69) is 56.0 Å². The average molecular weight is 242 g/mol. The fraction of sp³-hybridized carbons (Fsp3) is 0.444. The molecular formula is C18H26. The van der Waals surface area contributed by atoms with Crippen LogP contribution in [0, 0.1) is 0 Å². The summed E-state index contributed by atoms with van der Waals surface area (Å²) in [7, 11) is 0. The molecule has 1 rings (SSSR count). The van der Waals surface area contributed by atoms with Crippen molar-refractivity contribution in [2.75, 3.05) is 0 Å². The second-order valence-corrected chi connectivity index (χ2v) is 4.92. The lowest BCUT2D eigenvalue weighted by Gasteiger charge is -2.03. The van der Waals surface area contributed by atoms with Gasteiger partial charge in [-0.05, 0) is 37.7 Å². The van der Waals surface area contributed by atoms with Gasteiger partial charge in [0.2, 0.25) is 0 Å². The van der Waals surface area contributed by atoms with Gasteiger partial charge in [0.05, 0.1) is 0 Å². The molecule has 0 N–H and O–H groups in total. The van der Waals surface area contributed by atoms with Crippen LogP contribution in [0.3, 0.4) is 0 Å². The highest BCUT2D eigenvalue weighted by molar-refractivity contribution is 5.20. The van der Waals surface area contributed by atoms with Gasteiger partial charge in [0.25, 0.3) is 0 Å². The molecule has 0 saturated heterocycles. The van der Waals surface area contributed by atoms with Gasteiger partial charge in [-0.1, -0.05) is 74.4 Å². The van der Waals surface area contributed by atoms with E-state index in [1.165, 1.54) is 36.8 Å². The van der Waals surface area contributed by atoms with Crippen molar-refractivity contribution in [1.82, 2.24) is 0 Å². The van der Waals surface area contributed by atoms with E-state index in [9.17, 15) is 0 Å². The summed E-state index contributed by atoms with van der Waals surface area (Å²) in [5.74, 6) is 0. The zero-order valence-corrected chi connectivity index (χ0v) is 11.7. The average Bonchev–Trinajstić information content (AvgIpc) is 2.39. The number of unbranched alkanes of at least 4 members (excludes halogenated alkanes) is 3. The van der Waals surface area contributed by atoms with Crippen molar-refractivity contribution in [3.63, 3.8) is 0 Å². The normalized spacial score (nSPS) is 10.9. The van der Waals surface area contributed by atoms with Gasteiger partial charge in [0.1, 0.15) is 0 Å². The molecule has 0 heterocycles. The predicted molar refractivity (Wildman–Crippen MR) is 81.8 cm³/mol. The molecular weight excluding hydrogens is 216 g/mol. The molecule has 0 aliphatic rings. The maximum absolute atomic E-state index is 4.16. The maximum atomic E-state index is 4.16. The van der Waals surface area contributed by atoms with E-state index in [0.717, 1.165) is 19.3 Å². The van der Waals surface area contributed by atoms with Gasteiger partial charge in [-0.25, -0.2) is 0 Å². The van der Waals surface area contributed by atoms with E-state index in [0.29, 0.717) is 0 Å². The van der Waals surface area contributed by atoms with Crippen molar-refractivity contribution in [2.45, 2.75) is 51.9 Å². The summed E-state index contributed by atoms with van der Waals surface area (Å²) in [6.45, 7) is 6.41. The largest absolute Gasteiger partial charge is 0.0995 e. The Morgan fingerprint density at radius 1 is 1.06 bits per heavy atom. The molecule has 0 amide bonds. The van der Waals surface area contributed by atoms with Crippen molar-refractivity contribution in [1.29, 1.82) is 0 Å². The highest BCUT2D eigenvalue weighted by atomic mass is 14.0. The van der Waals surface area contributed by atoms with Crippen molar-refractivity contribution in [3.05, 3.63) is 60.2 Å². The Kier molecular flexibility index (Phi) is 7.96. The Balaban J connectivity index is 2.10. The Labute approximate surface area is 112 Å². The molecule has 0 aliphatic carbocycles. The first kappa shape index (κ1) is 14.8. The lowest BCUT2D eigenvalue weighted by Crippen LogP contribution is -1.88. The molecule has 1 aromatic rings. The summed E-state index contributed by atoms with van der Waals surface area (Å²) in [6, 6.07) is 10.6. The number of benzene rings is 1. The molecule has 0 saturated carbocycles. The van der Waals surface area contributed by atoms with Crippen LogP contribution < -0.4 is 0 Å². The minimum Gasteiger partial charge on any atom is -0.0995 e. The molecule has 0 atom stereocenters. The van der Waals surface area contributed by atoms with Crippen molar-refractivity contribution < 1.29 is 0 Å². The number of rotatable bonds is 9. The van der Waals surface area contributed by atoms with E-state index < -0.39 is 0 Å². The van der Waals surface area contributed by atoms with Gasteiger partial charge in [0.15, 0.2) is 0 Å². The summed E-state index contributed by atoms with van der Waals surface area (Å²) in [6.07, 6.45) is 13.1. The lowest BCUT2D eigenvalue weighted by atomic mass is 10.0. The first-order valence-corrected chi connectivity index (χ1v) is 7.18. The SMILES string of the molecule is C=C(CC/C=C/CCCCC)Cc1ccccc1. The molecule has 1 aromatic carbocycles. The van der Waals surface area contributed by atoms with Crippen LogP contribution in [-0.2, 0) is 6.42 Å². The molecule has 0 spiro atoms. The standard InChI is InChI=1S/C18H26/c1-3-4-5-6-7-8-10-13-17(2)16-18-14-11-9-12-15-18/h7-9,11-12,14-15H,2-6,10,13,16H2,1H3/b8-7+. The molecule has 0 aliphatic heterocycles. The van der Waals surface area contributed by atoms with E-state index in [-0.39, 0.29) is 0 Å². The minimum absolute atomic E-state index is 1.02. The van der Waals surface area contributed by atoms with Crippen LogP contribution in [0.4, 0.5) is 0 Å². The smallest absolute Gasteiger partial charge is 0.00697 e. The third-order valence-electron chi connectivity index (χ3n) is 3.10. The molecule has 0 bridgehead atoms. The molecule has 0 unspecified atom stereocenters. The van der Waals surface area contributed by atoms with Crippen molar-refractivity contribution >= 4 is 0 Å². The van der Waals surface area contributed by atoms with Crippen LogP contribution in [0.25, 0.3) is 0 Å². The molecule has 0 nitrogen and oxygen atoms in total. The number of hydrogen-bond acceptors (Lipinski definition) is 0. The third kappa shape index (κ3) is 7.11. The maximum Gasteiger partial charge on any atom is -0.00697 e. The van der Waals surface area contributed by atoms with Gasteiger partial charge < -0.3 is 0 Å². The zero-order valence-electron chi connectivity index (χ0n) is 11.7. The van der Waals surface area contributed by atoms with Crippen LogP contribution >= 0.6 is 0 Å². The highest BCUT2D eigenvalue weighted by Gasteiger charge is 1.95. The molecule has 18 heavy (non-hydrogen) atoms. The lowest BCUT2D eigenvalue weighted by molar-refractivity contribution is 0.727. The molecule has 0 radical (unpaired) electrons. The van der Waals surface area contributed by atoms with Crippen LogP contribution in [0.15, 0.2) is 54.6 Å². The Bertz CT molecular complexity index is 346. The Morgan fingerprint density at radius 2 is 1.78 bits per heavy atom. The van der Waals surface area contributed by atoms with E-state index in [1.807, 2.05) is 0 Å². The van der Waals surface area contributed by atoms with Gasteiger partial charge in [0, 0.05) is 0 Å². The van der Waals surface area contributed by atoms with E-state index in [4.69, 9.17) is 0 Å².